The van der Waals surface area contributed by atoms with Crippen LogP contribution in [-0.4, -0.2) is 28.4 Å². The number of anilines is 1. The Balaban J connectivity index is 1.83. The van der Waals surface area contributed by atoms with Gasteiger partial charge in [0.25, 0.3) is 11.7 Å². The zero-order valence-corrected chi connectivity index (χ0v) is 19.2. The molecular formula is C27H25FN2O4. The molecule has 7 heteroatoms. The molecule has 4 rings (SSSR count). The van der Waals surface area contributed by atoms with E-state index in [1.54, 1.807) is 36.5 Å². The van der Waals surface area contributed by atoms with E-state index >= 15 is 0 Å². The van der Waals surface area contributed by atoms with Gasteiger partial charge in [0.15, 0.2) is 0 Å². The second-order valence-electron chi connectivity index (χ2n) is 8.62. The van der Waals surface area contributed by atoms with Crippen molar-refractivity contribution in [1.82, 2.24) is 4.98 Å². The smallest absolute Gasteiger partial charge is 0.300 e. The van der Waals surface area contributed by atoms with Crippen LogP contribution in [0.4, 0.5) is 10.1 Å². The zero-order chi connectivity index (χ0) is 24.4. The molecule has 3 aromatic rings. The van der Waals surface area contributed by atoms with Crippen LogP contribution in [0.15, 0.2) is 72.6 Å². The molecule has 2 aromatic carbocycles. The molecule has 0 spiro atoms. The van der Waals surface area contributed by atoms with E-state index in [1.165, 1.54) is 35.4 Å². The van der Waals surface area contributed by atoms with Gasteiger partial charge in [-0.3, -0.25) is 19.5 Å². The predicted octanol–water partition coefficient (Wildman–Crippen LogP) is 5.19. The third-order valence-electron chi connectivity index (χ3n) is 5.57. The minimum Gasteiger partial charge on any atom is -0.507 e. The second kappa shape index (κ2) is 9.47. The number of carbonyl (C=O) groups is 2. The number of amides is 1. The lowest BCUT2D eigenvalue weighted by Gasteiger charge is -2.25. The van der Waals surface area contributed by atoms with E-state index in [4.69, 9.17) is 4.74 Å². The molecule has 0 bridgehead atoms. The lowest BCUT2D eigenvalue weighted by Crippen LogP contribution is -2.29. The number of aryl methyl sites for hydroxylation is 1. The van der Waals surface area contributed by atoms with Crippen LogP contribution >= 0.6 is 0 Å². The molecule has 1 fully saturated rings. The Bertz CT molecular complexity index is 1250. The molecule has 1 aliphatic heterocycles. The van der Waals surface area contributed by atoms with Crippen LogP contribution in [0.2, 0.25) is 0 Å². The van der Waals surface area contributed by atoms with E-state index in [9.17, 15) is 19.1 Å². The SMILES string of the molecule is Cc1cc(/C(O)=C2/C(=O)C(=O)N(c3ccc(F)cc3)C2c2cccnc2)ccc1OCC(C)C. The number of rotatable bonds is 6. The van der Waals surface area contributed by atoms with E-state index in [2.05, 4.69) is 4.98 Å². The zero-order valence-electron chi connectivity index (χ0n) is 19.2. The molecular weight excluding hydrogens is 435 g/mol. The number of carbonyl (C=O) groups excluding carboxylic acids is 2. The van der Waals surface area contributed by atoms with Crippen molar-refractivity contribution in [1.29, 1.82) is 0 Å². The summed E-state index contributed by atoms with van der Waals surface area (Å²) >= 11 is 0. The third-order valence-corrected chi connectivity index (χ3v) is 5.57. The summed E-state index contributed by atoms with van der Waals surface area (Å²) in [5.74, 6) is -1.36. The van der Waals surface area contributed by atoms with Crippen molar-refractivity contribution in [2.75, 3.05) is 11.5 Å². The molecule has 1 unspecified atom stereocenters. The fourth-order valence-electron chi connectivity index (χ4n) is 3.92. The molecule has 6 nitrogen and oxygen atoms in total. The first kappa shape index (κ1) is 23.2. The second-order valence-corrected chi connectivity index (χ2v) is 8.62. The van der Waals surface area contributed by atoms with Gasteiger partial charge in [0.05, 0.1) is 18.2 Å². The number of halogens is 1. The fraction of sp³-hybridized carbons (Fsp3) is 0.222. The standard InChI is InChI=1S/C27H25FN2O4/c1-16(2)15-34-22-11-6-18(13-17(22)3)25(31)23-24(19-5-4-12-29-14-19)30(27(33)26(23)32)21-9-7-20(28)8-10-21/h4-14,16,24,31H,15H2,1-3H3/b25-23-. The number of aliphatic hydroxyl groups excluding tert-OH is 1. The Morgan fingerprint density at radius 3 is 2.50 bits per heavy atom. The van der Waals surface area contributed by atoms with E-state index in [0.29, 0.717) is 35.1 Å². The normalized spacial score (nSPS) is 17.4. The summed E-state index contributed by atoms with van der Waals surface area (Å²) in [6.07, 6.45) is 3.11. The highest BCUT2D eigenvalue weighted by molar-refractivity contribution is 6.51. The number of ketones is 1. The van der Waals surface area contributed by atoms with Crippen LogP contribution in [0, 0.1) is 18.7 Å². The average molecular weight is 461 g/mol. The van der Waals surface area contributed by atoms with Gasteiger partial charge < -0.3 is 9.84 Å². The largest absolute Gasteiger partial charge is 0.507 e. The maximum absolute atomic E-state index is 13.5. The number of hydrogen-bond donors (Lipinski definition) is 1. The highest BCUT2D eigenvalue weighted by atomic mass is 19.1. The van der Waals surface area contributed by atoms with E-state index in [1.807, 2.05) is 20.8 Å². The maximum atomic E-state index is 13.5. The van der Waals surface area contributed by atoms with Crippen LogP contribution in [0.1, 0.15) is 36.6 Å². The number of hydrogen-bond acceptors (Lipinski definition) is 5. The minimum atomic E-state index is -0.920. The molecule has 2 heterocycles. The van der Waals surface area contributed by atoms with Crippen LogP contribution < -0.4 is 9.64 Å². The van der Waals surface area contributed by atoms with Crippen molar-refractivity contribution >= 4 is 23.1 Å². The quantitative estimate of drug-likeness (QED) is 0.311. The number of ether oxygens (including phenoxy) is 1. The number of nitrogens with zero attached hydrogens (tertiary/aromatic N) is 2. The van der Waals surface area contributed by atoms with Gasteiger partial charge in [0, 0.05) is 23.6 Å². The van der Waals surface area contributed by atoms with Crippen molar-refractivity contribution < 1.29 is 23.8 Å². The predicted molar refractivity (Wildman–Crippen MR) is 127 cm³/mol. The Morgan fingerprint density at radius 2 is 1.88 bits per heavy atom. The van der Waals surface area contributed by atoms with Crippen LogP contribution in [0.25, 0.3) is 5.76 Å². The molecule has 1 N–H and O–H groups in total. The summed E-state index contributed by atoms with van der Waals surface area (Å²) in [5.41, 5.74) is 2.00. The molecule has 174 valence electrons. The van der Waals surface area contributed by atoms with Crippen molar-refractivity contribution in [3.63, 3.8) is 0 Å². The van der Waals surface area contributed by atoms with Gasteiger partial charge in [-0.2, -0.15) is 0 Å². The third kappa shape index (κ3) is 4.41. The van der Waals surface area contributed by atoms with E-state index in [0.717, 1.165) is 5.56 Å². The molecule has 0 aliphatic carbocycles. The molecule has 1 aromatic heterocycles. The van der Waals surface area contributed by atoms with Gasteiger partial charge >= 0.3 is 0 Å². The number of aliphatic hydroxyl groups is 1. The van der Waals surface area contributed by atoms with Gasteiger partial charge in [-0.15, -0.1) is 0 Å². The summed E-state index contributed by atoms with van der Waals surface area (Å²) in [5, 5.41) is 11.2. The summed E-state index contributed by atoms with van der Waals surface area (Å²) in [7, 11) is 0. The number of benzene rings is 2. The summed E-state index contributed by atoms with van der Waals surface area (Å²) in [6.45, 7) is 6.50. The molecule has 1 aliphatic rings. The van der Waals surface area contributed by atoms with Crippen LogP contribution in [-0.2, 0) is 9.59 Å². The van der Waals surface area contributed by atoms with Crippen LogP contribution in [0.5, 0.6) is 5.75 Å². The first-order valence-electron chi connectivity index (χ1n) is 11.0. The topological polar surface area (TPSA) is 79.7 Å². The lowest BCUT2D eigenvalue weighted by molar-refractivity contribution is -0.132. The lowest BCUT2D eigenvalue weighted by atomic mass is 9.95. The van der Waals surface area contributed by atoms with E-state index in [-0.39, 0.29) is 11.3 Å². The molecule has 1 atom stereocenters. The molecule has 1 amide bonds. The Hall–Kier alpha value is -4.00. The van der Waals surface area contributed by atoms with Gasteiger partial charge in [-0.25, -0.2) is 4.39 Å². The molecule has 0 radical (unpaired) electrons. The van der Waals surface area contributed by atoms with Crippen molar-refractivity contribution in [3.8, 4) is 5.75 Å². The summed E-state index contributed by atoms with van der Waals surface area (Å²) in [6, 6.07) is 12.9. The first-order valence-corrected chi connectivity index (χ1v) is 11.0. The Labute approximate surface area is 197 Å². The van der Waals surface area contributed by atoms with E-state index < -0.39 is 23.5 Å². The average Bonchev–Trinajstić information content (AvgIpc) is 3.09. The first-order chi connectivity index (χ1) is 16.3. The summed E-state index contributed by atoms with van der Waals surface area (Å²) < 4.78 is 19.3. The maximum Gasteiger partial charge on any atom is 0.300 e. The van der Waals surface area contributed by atoms with Gasteiger partial charge in [0.2, 0.25) is 0 Å². The Kier molecular flexibility index (Phi) is 6.45. The monoisotopic (exact) mass is 460 g/mol. The van der Waals surface area contributed by atoms with Crippen molar-refractivity contribution in [3.05, 3.63) is 95.1 Å². The molecule has 0 saturated carbocycles. The number of aromatic nitrogens is 1. The Morgan fingerprint density at radius 1 is 1.15 bits per heavy atom. The fourth-order valence-corrected chi connectivity index (χ4v) is 3.92. The number of pyridine rings is 1. The molecule has 1 saturated heterocycles. The number of Topliss-reactive ketones (excluding diaryl/α,β-unsaturated/α-hetero) is 1. The molecule has 34 heavy (non-hydrogen) atoms. The van der Waals surface area contributed by atoms with Gasteiger partial charge in [0.1, 0.15) is 17.3 Å². The summed E-state index contributed by atoms with van der Waals surface area (Å²) in [4.78, 5) is 31.6. The van der Waals surface area contributed by atoms with Gasteiger partial charge in [-0.1, -0.05) is 19.9 Å². The highest BCUT2D eigenvalue weighted by Crippen LogP contribution is 2.42. The van der Waals surface area contributed by atoms with Gasteiger partial charge in [-0.05, 0) is 72.5 Å². The van der Waals surface area contributed by atoms with Crippen molar-refractivity contribution in [2.24, 2.45) is 5.92 Å². The van der Waals surface area contributed by atoms with Crippen molar-refractivity contribution in [2.45, 2.75) is 26.8 Å². The van der Waals surface area contributed by atoms with Crippen LogP contribution in [0.3, 0.4) is 0 Å². The minimum absolute atomic E-state index is 0.0578. The highest BCUT2D eigenvalue weighted by Gasteiger charge is 2.47.